The first-order valence-electron chi connectivity index (χ1n) is 9.65. The second kappa shape index (κ2) is 10.1. The molecule has 0 radical (unpaired) electrons. The smallest absolute Gasteiger partial charge is 0.338 e. The molecule has 1 amide bonds. The van der Waals surface area contributed by atoms with Crippen molar-refractivity contribution in [1.82, 2.24) is 0 Å². The number of aryl methyl sites for hydroxylation is 1. The van der Waals surface area contributed by atoms with Crippen LogP contribution in [0.4, 0.5) is 21.5 Å². The fourth-order valence-corrected chi connectivity index (χ4v) is 3.79. The third-order valence-corrected chi connectivity index (χ3v) is 5.87. The largest absolute Gasteiger partial charge is 0.452 e. The Hall–Kier alpha value is -4.32. The number of carbonyl (C=O) groups excluding carboxylic acids is 2. The Morgan fingerprint density at radius 2 is 1.68 bits per heavy atom. The molecule has 0 saturated heterocycles. The molecule has 2 N–H and O–H groups in total. The first-order chi connectivity index (χ1) is 16.0. The highest BCUT2D eigenvalue weighted by atomic mass is 32.2. The van der Waals surface area contributed by atoms with Gasteiger partial charge in [-0.3, -0.25) is 19.6 Å². The molecule has 12 heteroatoms. The summed E-state index contributed by atoms with van der Waals surface area (Å²) in [6.45, 7) is 1.07. The van der Waals surface area contributed by atoms with Crippen molar-refractivity contribution < 1.29 is 32.1 Å². The van der Waals surface area contributed by atoms with Gasteiger partial charge in [0.2, 0.25) is 0 Å². The number of halogens is 1. The SMILES string of the molecule is Cc1ccc(NS(=O)(=O)c2ccc(C(=O)OCC(=O)Nc3cc([N+](=O)[O-])ccc3F)cc2)cc1. The summed E-state index contributed by atoms with van der Waals surface area (Å²) in [5.74, 6) is -2.75. The van der Waals surface area contributed by atoms with Crippen LogP contribution < -0.4 is 10.0 Å². The highest BCUT2D eigenvalue weighted by Gasteiger charge is 2.17. The third kappa shape index (κ3) is 6.13. The summed E-state index contributed by atoms with van der Waals surface area (Å²) in [6, 6.07) is 14.1. The van der Waals surface area contributed by atoms with E-state index in [0.717, 1.165) is 23.8 Å². The molecule has 0 saturated carbocycles. The molecule has 0 spiro atoms. The second-order valence-electron chi connectivity index (χ2n) is 7.04. The number of esters is 1. The number of anilines is 2. The monoisotopic (exact) mass is 487 g/mol. The third-order valence-electron chi connectivity index (χ3n) is 4.47. The van der Waals surface area contributed by atoms with Gasteiger partial charge in [0.1, 0.15) is 5.82 Å². The maximum absolute atomic E-state index is 13.7. The summed E-state index contributed by atoms with van der Waals surface area (Å²) in [5.41, 5.74) is 0.449. The van der Waals surface area contributed by atoms with Gasteiger partial charge < -0.3 is 10.1 Å². The maximum atomic E-state index is 13.7. The van der Waals surface area contributed by atoms with Gasteiger partial charge in [-0.25, -0.2) is 17.6 Å². The number of sulfonamides is 1. The number of carbonyl (C=O) groups is 2. The van der Waals surface area contributed by atoms with Crippen molar-refractivity contribution >= 4 is 39.0 Å². The lowest BCUT2D eigenvalue weighted by atomic mass is 10.2. The van der Waals surface area contributed by atoms with Crippen LogP contribution in [0.1, 0.15) is 15.9 Å². The van der Waals surface area contributed by atoms with Gasteiger partial charge in [-0.1, -0.05) is 17.7 Å². The number of nitrogens with one attached hydrogen (secondary N) is 2. The van der Waals surface area contributed by atoms with Gasteiger partial charge in [0.15, 0.2) is 6.61 Å². The quantitative estimate of drug-likeness (QED) is 0.280. The van der Waals surface area contributed by atoms with Crippen molar-refractivity contribution in [2.24, 2.45) is 0 Å². The molecule has 0 aliphatic heterocycles. The fourth-order valence-electron chi connectivity index (χ4n) is 2.73. The Labute approximate surface area is 193 Å². The van der Waals surface area contributed by atoms with Crippen LogP contribution in [0.25, 0.3) is 0 Å². The van der Waals surface area contributed by atoms with E-state index >= 15 is 0 Å². The van der Waals surface area contributed by atoms with E-state index in [0.29, 0.717) is 5.69 Å². The number of ether oxygens (including phenoxy) is 1. The summed E-state index contributed by atoms with van der Waals surface area (Å²) in [7, 11) is -3.89. The van der Waals surface area contributed by atoms with Crippen LogP contribution in [-0.4, -0.2) is 31.8 Å². The molecular weight excluding hydrogens is 469 g/mol. The van der Waals surface area contributed by atoms with Gasteiger partial charge in [0.25, 0.3) is 21.6 Å². The molecule has 34 heavy (non-hydrogen) atoms. The Morgan fingerprint density at radius 3 is 2.29 bits per heavy atom. The number of benzene rings is 3. The number of non-ortho nitro benzene ring substituents is 1. The van der Waals surface area contributed by atoms with Crippen LogP contribution >= 0.6 is 0 Å². The van der Waals surface area contributed by atoms with Crippen molar-refractivity contribution in [3.63, 3.8) is 0 Å². The lowest BCUT2D eigenvalue weighted by Crippen LogP contribution is -2.21. The Morgan fingerprint density at radius 1 is 1.03 bits per heavy atom. The van der Waals surface area contributed by atoms with Gasteiger partial charge in [0, 0.05) is 17.8 Å². The van der Waals surface area contributed by atoms with Crippen molar-refractivity contribution in [1.29, 1.82) is 0 Å². The number of nitrogens with zero attached hydrogens (tertiary/aromatic N) is 1. The fraction of sp³-hybridized carbons (Fsp3) is 0.0909. The van der Waals surface area contributed by atoms with E-state index in [9.17, 15) is 32.5 Å². The predicted molar refractivity (Wildman–Crippen MR) is 120 cm³/mol. The lowest BCUT2D eigenvalue weighted by Gasteiger charge is -2.10. The molecule has 0 bridgehead atoms. The zero-order valence-corrected chi connectivity index (χ0v) is 18.5. The molecule has 0 heterocycles. The number of hydrogen-bond donors (Lipinski definition) is 2. The number of rotatable bonds is 8. The average Bonchev–Trinajstić information content (AvgIpc) is 2.80. The first kappa shape index (κ1) is 24.3. The Bertz CT molecular complexity index is 1340. The molecule has 3 aromatic rings. The summed E-state index contributed by atoms with van der Waals surface area (Å²) in [5, 5.41) is 12.9. The van der Waals surface area contributed by atoms with E-state index in [1.807, 2.05) is 6.92 Å². The molecule has 0 aliphatic carbocycles. The molecule has 3 aromatic carbocycles. The van der Waals surface area contributed by atoms with Crippen molar-refractivity contribution in [2.75, 3.05) is 16.6 Å². The van der Waals surface area contributed by atoms with Crippen molar-refractivity contribution in [2.45, 2.75) is 11.8 Å². The van der Waals surface area contributed by atoms with E-state index in [1.165, 1.54) is 24.3 Å². The van der Waals surface area contributed by atoms with E-state index in [-0.39, 0.29) is 10.5 Å². The predicted octanol–water partition coefficient (Wildman–Crippen LogP) is 3.64. The topological polar surface area (TPSA) is 145 Å². The molecule has 0 aromatic heterocycles. The Kier molecular flexibility index (Phi) is 7.21. The maximum Gasteiger partial charge on any atom is 0.338 e. The molecule has 0 atom stereocenters. The molecule has 0 fully saturated rings. The van der Waals surface area contributed by atoms with Gasteiger partial charge in [-0.15, -0.1) is 0 Å². The van der Waals surface area contributed by atoms with Crippen LogP contribution in [0.5, 0.6) is 0 Å². The van der Waals surface area contributed by atoms with Gasteiger partial charge >= 0.3 is 5.97 Å². The van der Waals surface area contributed by atoms with Crippen LogP contribution in [0.15, 0.2) is 71.6 Å². The van der Waals surface area contributed by atoms with Crippen LogP contribution in [-0.2, 0) is 19.6 Å². The zero-order chi connectivity index (χ0) is 24.9. The second-order valence-corrected chi connectivity index (χ2v) is 8.72. The van der Waals surface area contributed by atoms with Crippen molar-refractivity contribution in [3.8, 4) is 0 Å². The van der Waals surface area contributed by atoms with Gasteiger partial charge in [-0.05, 0) is 49.4 Å². The number of hydrogen-bond acceptors (Lipinski definition) is 7. The first-order valence-corrected chi connectivity index (χ1v) is 11.1. The zero-order valence-electron chi connectivity index (χ0n) is 17.6. The van der Waals surface area contributed by atoms with Gasteiger partial charge in [-0.2, -0.15) is 0 Å². The lowest BCUT2D eigenvalue weighted by molar-refractivity contribution is -0.384. The molecule has 0 unspecified atom stereocenters. The molecule has 10 nitrogen and oxygen atoms in total. The standard InChI is InChI=1S/C22H18FN3O7S/c1-14-2-6-16(7-3-14)25-34(31,32)18-9-4-15(5-10-18)22(28)33-13-21(27)24-20-12-17(26(29)30)8-11-19(20)23/h2-12,25H,13H2,1H3,(H,24,27). The van der Waals surface area contributed by atoms with E-state index < -0.39 is 50.6 Å². The minimum absolute atomic E-state index is 0.0244. The summed E-state index contributed by atoms with van der Waals surface area (Å²) >= 11 is 0. The molecule has 176 valence electrons. The average molecular weight is 487 g/mol. The number of nitro groups is 1. The minimum Gasteiger partial charge on any atom is -0.452 e. The summed E-state index contributed by atoms with van der Waals surface area (Å²) < 4.78 is 46.0. The highest BCUT2D eigenvalue weighted by Crippen LogP contribution is 2.21. The van der Waals surface area contributed by atoms with E-state index in [1.54, 1.807) is 24.3 Å². The van der Waals surface area contributed by atoms with E-state index in [2.05, 4.69) is 10.0 Å². The van der Waals surface area contributed by atoms with Gasteiger partial charge in [0.05, 0.1) is 21.1 Å². The van der Waals surface area contributed by atoms with Crippen LogP contribution in [0.2, 0.25) is 0 Å². The van der Waals surface area contributed by atoms with Crippen LogP contribution in [0.3, 0.4) is 0 Å². The normalized spacial score (nSPS) is 10.9. The Balaban J connectivity index is 1.59. The summed E-state index contributed by atoms with van der Waals surface area (Å²) in [6.07, 6.45) is 0. The summed E-state index contributed by atoms with van der Waals surface area (Å²) in [4.78, 5) is 34.0. The van der Waals surface area contributed by atoms with E-state index in [4.69, 9.17) is 4.74 Å². The van der Waals surface area contributed by atoms with Crippen molar-refractivity contribution in [3.05, 3.63) is 93.8 Å². The molecule has 0 aliphatic rings. The number of nitro benzene ring substituents is 1. The number of amides is 1. The van der Waals surface area contributed by atoms with Crippen LogP contribution in [0, 0.1) is 22.9 Å². The highest BCUT2D eigenvalue weighted by molar-refractivity contribution is 7.92. The molecule has 3 rings (SSSR count). The minimum atomic E-state index is -3.89. The molecular formula is C22H18FN3O7S.